The fourth-order valence-corrected chi connectivity index (χ4v) is 1.87. The van der Waals surface area contributed by atoms with Crippen molar-refractivity contribution >= 4 is 15.9 Å². The number of furan rings is 1. The number of nitrogens with two attached hydrogens (primary N) is 1. The second-order valence-corrected chi connectivity index (χ2v) is 4.19. The molecule has 2 N–H and O–H groups in total. The molecule has 84 valence electrons. The van der Waals surface area contributed by atoms with Crippen molar-refractivity contribution in [2.75, 3.05) is 0 Å². The maximum absolute atomic E-state index is 5.60. The second-order valence-electron chi connectivity index (χ2n) is 3.34. The van der Waals surface area contributed by atoms with Gasteiger partial charge in [-0.2, -0.15) is 0 Å². The lowest BCUT2D eigenvalue weighted by Gasteiger charge is -2.07. The SMILES string of the molecule is NCc1ccc(OCc2ccco2)c(Br)c1. The van der Waals surface area contributed by atoms with Crippen LogP contribution in [0.5, 0.6) is 5.75 Å². The molecular weight excluding hydrogens is 270 g/mol. The smallest absolute Gasteiger partial charge is 0.146 e. The number of benzene rings is 1. The Morgan fingerprint density at radius 2 is 2.19 bits per heavy atom. The largest absolute Gasteiger partial charge is 0.484 e. The van der Waals surface area contributed by atoms with Crippen LogP contribution < -0.4 is 10.5 Å². The van der Waals surface area contributed by atoms with Crippen molar-refractivity contribution in [3.63, 3.8) is 0 Å². The third-order valence-electron chi connectivity index (χ3n) is 2.18. The van der Waals surface area contributed by atoms with Gasteiger partial charge >= 0.3 is 0 Å². The van der Waals surface area contributed by atoms with Gasteiger partial charge in [0.25, 0.3) is 0 Å². The predicted molar refractivity (Wildman–Crippen MR) is 65.1 cm³/mol. The van der Waals surface area contributed by atoms with E-state index >= 15 is 0 Å². The molecule has 0 saturated carbocycles. The zero-order valence-corrected chi connectivity index (χ0v) is 10.2. The molecule has 0 saturated heterocycles. The van der Waals surface area contributed by atoms with E-state index in [4.69, 9.17) is 14.9 Å². The van der Waals surface area contributed by atoms with Gasteiger partial charge in [0.1, 0.15) is 18.1 Å². The molecule has 2 aromatic rings. The van der Waals surface area contributed by atoms with Gasteiger partial charge < -0.3 is 14.9 Å². The van der Waals surface area contributed by atoms with E-state index in [1.165, 1.54) is 0 Å². The van der Waals surface area contributed by atoms with Crippen LogP contribution in [0.3, 0.4) is 0 Å². The van der Waals surface area contributed by atoms with E-state index in [1.807, 2.05) is 30.3 Å². The minimum atomic E-state index is 0.424. The van der Waals surface area contributed by atoms with E-state index in [1.54, 1.807) is 6.26 Å². The Hall–Kier alpha value is -1.26. The molecule has 2 rings (SSSR count). The molecule has 0 radical (unpaired) electrons. The molecule has 16 heavy (non-hydrogen) atoms. The first-order valence-corrected chi connectivity index (χ1v) is 5.72. The van der Waals surface area contributed by atoms with Crippen LogP contribution in [0.25, 0.3) is 0 Å². The van der Waals surface area contributed by atoms with Gasteiger partial charge in [0.05, 0.1) is 10.7 Å². The van der Waals surface area contributed by atoms with Gasteiger partial charge in [-0.3, -0.25) is 0 Å². The second kappa shape index (κ2) is 5.18. The van der Waals surface area contributed by atoms with Crippen molar-refractivity contribution in [3.05, 3.63) is 52.4 Å². The summed E-state index contributed by atoms with van der Waals surface area (Å²) in [6.45, 7) is 0.949. The molecule has 0 aliphatic carbocycles. The van der Waals surface area contributed by atoms with Gasteiger partial charge in [0.2, 0.25) is 0 Å². The summed E-state index contributed by atoms with van der Waals surface area (Å²) in [5, 5.41) is 0. The minimum Gasteiger partial charge on any atom is -0.484 e. The average molecular weight is 282 g/mol. The van der Waals surface area contributed by atoms with Gasteiger partial charge in [-0.1, -0.05) is 6.07 Å². The van der Waals surface area contributed by atoms with E-state index in [0.29, 0.717) is 13.2 Å². The summed E-state index contributed by atoms with van der Waals surface area (Å²) < 4.78 is 11.7. The summed E-state index contributed by atoms with van der Waals surface area (Å²) in [6.07, 6.45) is 1.63. The highest BCUT2D eigenvalue weighted by molar-refractivity contribution is 9.10. The zero-order chi connectivity index (χ0) is 11.4. The highest BCUT2D eigenvalue weighted by Crippen LogP contribution is 2.26. The Bertz CT molecular complexity index is 454. The average Bonchev–Trinajstić information content (AvgIpc) is 2.80. The molecule has 0 unspecified atom stereocenters. The van der Waals surface area contributed by atoms with Crippen LogP contribution in [-0.4, -0.2) is 0 Å². The van der Waals surface area contributed by atoms with Crippen molar-refractivity contribution in [1.29, 1.82) is 0 Å². The van der Waals surface area contributed by atoms with E-state index in [-0.39, 0.29) is 0 Å². The normalized spacial score (nSPS) is 10.4. The molecule has 1 aromatic heterocycles. The molecule has 0 amide bonds. The maximum atomic E-state index is 5.60. The van der Waals surface area contributed by atoms with E-state index in [0.717, 1.165) is 21.5 Å². The molecule has 0 bridgehead atoms. The lowest BCUT2D eigenvalue weighted by Crippen LogP contribution is -1.98. The molecule has 0 aliphatic rings. The van der Waals surface area contributed by atoms with Gasteiger partial charge in [0, 0.05) is 6.54 Å². The number of ether oxygens (including phenoxy) is 1. The summed E-state index contributed by atoms with van der Waals surface area (Å²) >= 11 is 3.44. The molecule has 3 nitrogen and oxygen atoms in total. The monoisotopic (exact) mass is 281 g/mol. The number of halogens is 1. The van der Waals surface area contributed by atoms with Crippen molar-refractivity contribution in [3.8, 4) is 5.75 Å². The number of rotatable bonds is 4. The Labute approximate surface area is 102 Å². The molecule has 0 spiro atoms. The van der Waals surface area contributed by atoms with Crippen molar-refractivity contribution in [2.24, 2.45) is 5.73 Å². The van der Waals surface area contributed by atoms with Gasteiger partial charge in [0.15, 0.2) is 0 Å². The standard InChI is InChI=1S/C12H12BrNO2/c13-11-6-9(7-14)3-4-12(11)16-8-10-2-1-5-15-10/h1-6H,7-8,14H2. The van der Waals surface area contributed by atoms with Crippen molar-refractivity contribution < 1.29 is 9.15 Å². The topological polar surface area (TPSA) is 48.4 Å². The minimum absolute atomic E-state index is 0.424. The van der Waals surface area contributed by atoms with Crippen LogP contribution in [0.2, 0.25) is 0 Å². The van der Waals surface area contributed by atoms with Gasteiger partial charge in [-0.15, -0.1) is 0 Å². The third kappa shape index (κ3) is 2.65. The van der Waals surface area contributed by atoms with Gasteiger partial charge in [-0.05, 0) is 45.8 Å². The quantitative estimate of drug-likeness (QED) is 0.937. The summed E-state index contributed by atoms with van der Waals surface area (Å²) in [4.78, 5) is 0. The highest BCUT2D eigenvalue weighted by atomic mass is 79.9. The Balaban J connectivity index is 2.04. The van der Waals surface area contributed by atoms with Crippen molar-refractivity contribution in [1.82, 2.24) is 0 Å². The number of hydrogen-bond acceptors (Lipinski definition) is 3. The molecule has 0 atom stereocenters. The van der Waals surface area contributed by atoms with Gasteiger partial charge in [-0.25, -0.2) is 0 Å². The molecule has 1 heterocycles. The van der Waals surface area contributed by atoms with Crippen LogP contribution in [0, 0.1) is 0 Å². The first-order chi connectivity index (χ1) is 7.79. The first-order valence-electron chi connectivity index (χ1n) is 4.93. The zero-order valence-electron chi connectivity index (χ0n) is 8.65. The Morgan fingerprint density at radius 1 is 1.31 bits per heavy atom. The molecule has 0 fully saturated rings. The fraction of sp³-hybridized carbons (Fsp3) is 0.167. The summed E-state index contributed by atoms with van der Waals surface area (Å²) in [7, 11) is 0. The lowest BCUT2D eigenvalue weighted by atomic mass is 10.2. The first kappa shape index (κ1) is 11.2. The predicted octanol–water partition coefficient (Wildman–Crippen LogP) is 3.08. The van der Waals surface area contributed by atoms with Crippen LogP contribution in [0.15, 0.2) is 45.5 Å². The summed E-state index contributed by atoms with van der Waals surface area (Å²) in [5.74, 6) is 1.59. The number of hydrogen-bond donors (Lipinski definition) is 1. The van der Waals surface area contributed by atoms with Crippen molar-refractivity contribution in [2.45, 2.75) is 13.2 Å². The van der Waals surface area contributed by atoms with Crippen LogP contribution in [0.1, 0.15) is 11.3 Å². The maximum Gasteiger partial charge on any atom is 0.146 e. The highest BCUT2D eigenvalue weighted by Gasteiger charge is 2.03. The Kier molecular flexibility index (Phi) is 3.64. The van der Waals surface area contributed by atoms with Crippen LogP contribution in [0.4, 0.5) is 0 Å². The molecule has 4 heteroatoms. The summed E-state index contributed by atoms with van der Waals surface area (Å²) in [5.41, 5.74) is 6.61. The lowest BCUT2D eigenvalue weighted by molar-refractivity contribution is 0.268. The summed E-state index contributed by atoms with van der Waals surface area (Å²) in [6, 6.07) is 9.52. The van der Waals surface area contributed by atoms with E-state index in [9.17, 15) is 0 Å². The molecular formula is C12H12BrNO2. The van der Waals surface area contributed by atoms with E-state index < -0.39 is 0 Å². The Morgan fingerprint density at radius 3 is 2.81 bits per heavy atom. The van der Waals surface area contributed by atoms with E-state index in [2.05, 4.69) is 15.9 Å². The third-order valence-corrected chi connectivity index (χ3v) is 2.80. The van der Waals surface area contributed by atoms with Crippen LogP contribution >= 0.6 is 15.9 Å². The van der Waals surface area contributed by atoms with Crippen LogP contribution in [-0.2, 0) is 13.2 Å². The fourth-order valence-electron chi connectivity index (χ4n) is 1.33. The molecule has 1 aromatic carbocycles. The molecule has 0 aliphatic heterocycles.